The van der Waals surface area contributed by atoms with Gasteiger partial charge in [0.2, 0.25) is 4.96 Å². The summed E-state index contributed by atoms with van der Waals surface area (Å²) in [5, 5.41) is 13.3. The van der Waals surface area contributed by atoms with Gasteiger partial charge in [0.1, 0.15) is 6.61 Å². The van der Waals surface area contributed by atoms with Crippen LogP contribution in [-0.4, -0.2) is 26.4 Å². The quantitative estimate of drug-likeness (QED) is 0.544. The van der Waals surface area contributed by atoms with E-state index in [1.807, 2.05) is 54.6 Å². The van der Waals surface area contributed by atoms with E-state index in [-0.39, 0.29) is 11.3 Å². The lowest BCUT2D eigenvalue weighted by molar-refractivity contribution is 0.0904. The van der Waals surface area contributed by atoms with E-state index in [4.69, 9.17) is 9.47 Å². The summed E-state index contributed by atoms with van der Waals surface area (Å²) in [4.78, 5) is 13.2. The lowest BCUT2D eigenvalue weighted by Gasteiger charge is -2.24. The first-order chi connectivity index (χ1) is 12.8. The molecule has 5 rings (SSSR count). The average molecular weight is 364 g/mol. The van der Waals surface area contributed by atoms with Crippen molar-refractivity contribution in [1.82, 2.24) is 19.8 Å². The Hall–Kier alpha value is -3.26. The van der Waals surface area contributed by atoms with Gasteiger partial charge in [0, 0.05) is 5.56 Å². The van der Waals surface area contributed by atoms with Crippen LogP contribution in [0, 0.1) is 0 Å². The van der Waals surface area contributed by atoms with Crippen molar-refractivity contribution in [3.05, 3.63) is 70.0 Å². The van der Waals surface area contributed by atoms with Crippen LogP contribution in [0.2, 0.25) is 0 Å². The Labute approximate surface area is 151 Å². The minimum absolute atomic E-state index is 0.270. The van der Waals surface area contributed by atoms with Gasteiger partial charge in [-0.3, -0.25) is 4.79 Å². The molecule has 0 aliphatic carbocycles. The summed E-state index contributed by atoms with van der Waals surface area (Å²) < 4.78 is 13.0. The number of fused-ring (bicyclic) bond motifs is 2. The van der Waals surface area contributed by atoms with Crippen molar-refractivity contribution in [3.63, 3.8) is 0 Å². The fourth-order valence-electron chi connectivity index (χ4n) is 2.78. The fraction of sp³-hybridized carbons (Fsp3) is 0.111. The molecule has 0 spiro atoms. The van der Waals surface area contributed by atoms with E-state index >= 15 is 0 Å². The molecular weight excluding hydrogens is 352 g/mol. The molecule has 0 fully saturated rings. The second-order valence-electron chi connectivity index (χ2n) is 5.72. The van der Waals surface area contributed by atoms with Crippen molar-refractivity contribution in [2.45, 2.75) is 6.10 Å². The van der Waals surface area contributed by atoms with E-state index in [1.54, 1.807) is 0 Å². The molecule has 3 heterocycles. The molecule has 0 amide bonds. The fourth-order valence-corrected chi connectivity index (χ4v) is 3.63. The van der Waals surface area contributed by atoms with Crippen LogP contribution in [0.25, 0.3) is 16.2 Å². The molecular formula is C18H12N4O3S. The molecule has 1 unspecified atom stereocenters. The summed E-state index contributed by atoms with van der Waals surface area (Å²) in [6.45, 7) is 0.324. The molecule has 26 heavy (non-hydrogen) atoms. The monoisotopic (exact) mass is 364 g/mol. The normalized spacial score (nSPS) is 15.9. The van der Waals surface area contributed by atoms with Gasteiger partial charge in [-0.1, -0.05) is 53.8 Å². The zero-order chi connectivity index (χ0) is 17.5. The van der Waals surface area contributed by atoms with E-state index in [9.17, 15) is 4.79 Å². The van der Waals surface area contributed by atoms with Crippen LogP contribution in [0.1, 0.15) is 11.1 Å². The van der Waals surface area contributed by atoms with Gasteiger partial charge in [-0.15, -0.1) is 10.2 Å². The van der Waals surface area contributed by atoms with Crippen molar-refractivity contribution < 1.29 is 9.47 Å². The van der Waals surface area contributed by atoms with Gasteiger partial charge in [0.05, 0.1) is 0 Å². The van der Waals surface area contributed by atoms with E-state index < -0.39 is 6.10 Å². The zero-order valence-electron chi connectivity index (χ0n) is 13.4. The molecule has 1 aliphatic heterocycles. The van der Waals surface area contributed by atoms with Gasteiger partial charge in [0.25, 0.3) is 0 Å². The van der Waals surface area contributed by atoms with Crippen LogP contribution >= 0.6 is 11.3 Å². The van der Waals surface area contributed by atoms with Gasteiger partial charge < -0.3 is 9.47 Å². The van der Waals surface area contributed by atoms with Crippen LogP contribution in [-0.2, 0) is 0 Å². The molecule has 1 atom stereocenters. The number of nitrogens with zero attached hydrogens (tertiary/aromatic N) is 4. The Morgan fingerprint density at radius 2 is 1.77 bits per heavy atom. The van der Waals surface area contributed by atoms with Crippen molar-refractivity contribution in [1.29, 1.82) is 0 Å². The van der Waals surface area contributed by atoms with Crippen LogP contribution in [0.4, 0.5) is 0 Å². The van der Waals surface area contributed by atoms with Gasteiger partial charge in [-0.25, -0.2) is 0 Å². The number of benzene rings is 2. The van der Waals surface area contributed by atoms with Crippen LogP contribution in [0.5, 0.6) is 11.5 Å². The minimum atomic E-state index is -0.392. The number of para-hydroxylation sites is 2. The third kappa shape index (κ3) is 2.42. The molecule has 2 aromatic heterocycles. The zero-order valence-corrected chi connectivity index (χ0v) is 14.2. The molecule has 0 N–H and O–H groups in total. The Kier molecular flexibility index (Phi) is 3.42. The lowest BCUT2D eigenvalue weighted by Crippen LogP contribution is -2.23. The molecule has 2 aromatic carbocycles. The second-order valence-corrected chi connectivity index (χ2v) is 6.71. The van der Waals surface area contributed by atoms with E-state index in [0.717, 1.165) is 0 Å². The highest BCUT2D eigenvalue weighted by Gasteiger charge is 2.26. The smallest absolute Gasteiger partial charge is 0.302 e. The van der Waals surface area contributed by atoms with Crippen LogP contribution in [0.15, 0.2) is 59.4 Å². The standard InChI is InChI=1S/C18H12N4O3S/c23-17-15(11-6-2-1-3-7-11)19-20-18-22(17)21-16(26-18)14-10-24-12-8-4-5-9-13(12)25-14/h1-9,14H,10H2. The van der Waals surface area contributed by atoms with E-state index in [0.29, 0.717) is 33.6 Å². The molecule has 7 nitrogen and oxygen atoms in total. The Morgan fingerprint density at radius 3 is 2.62 bits per heavy atom. The summed E-state index contributed by atoms with van der Waals surface area (Å²) in [7, 11) is 0. The number of ether oxygens (including phenoxy) is 2. The maximum absolute atomic E-state index is 12.8. The molecule has 0 radical (unpaired) electrons. The summed E-state index contributed by atoms with van der Waals surface area (Å²) in [5.74, 6) is 1.36. The predicted octanol–water partition coefficient (Wildman–Crippen LogP) is 2.73. The predicted molar refractivity (Wildman–Crippen MR) is 95.7 cm³/mol. The third-order valence-electron chi connectivity index (χ3n) is 4.04. The second kappa shape index (κ2) is 5.92. The maximum atomic E-state index is 12.8. The molecule has 1 aliphatic rings. The maximum Gasteiger partial charge on any atom is 0.302 e. The van der Waals surface area contributed by atoms with Crippen LogP contribution < -0.4 is 15.0 Å². The van der Waals surface area contributed by atoms with Gasteiger partial charge in [-0.2, -0.15) is 9.61 Å². The van der Waals surface area contributed by atoms with Gasteiger partial charge in [-0.05, 0) is 12.1 Å². The van der Waals surface area contributed by atoms with E-state index in [2.05, 4.69) is 15.3 Å². The van der Waals surface area contributed by atoms with Crippen molar-refractivity contribution in [2.75, 3.05) is 6.61 Å². The first-order valence-electron chi connectivity index (χ1n) is 8.00. The van der Waals surface area contributed by atoms with Gasteiger partial charge in [0.15, 0.2) is 28.3 Å². The number of rotatable bonds is 2. The highest BCUT2D eigenvalue weighted by atomic mass is 32.1. The summed E-state index contributed by atoms with van der Waals surface area (Å²) in [6, 6.07) is 16.7. The minimum Gasteiger partial charge on any atom is -0.485 e. The summed E-state index contributed by atoms with van der Waals surface area (Å²) >= 11 is 1.27. The SMILES string of the molecule is O=c1c(-c2ccccc2)nnc2sc(C3COc4ccccc4O3)nn12. The average Bonchev–Trinajstić information content (AvgIpc) is 3.14. The first kappa shape index (κ1) is 15.0. The van der Waals surface area contributed by atoms with Crippen molar-refractivity contribution >= 4 is 16.3 Å². The lowest BCUT2D eigenvalue weighted by atomic mass is 10.2. The number of aromatic nitrogens is 4. The Balaban J connectivity index is 1.55. The number of hydrogen-bond acceptors (Lipinski definition) is 7. The van der Waals surface area contributed by atoms with Gasteiger partial charge >= 0.3 is 5.56 Å². The molecule has 0 bridgehead atoms. The van der Waals surface area contributed by atoms with Crippen molar-refractivity contribution in [2.24, 2.45) is 0 Å². The third-order valence-corrected chi connectivity index (χ3v) is 5.03. The molecule has 128 valence electrons. The molecule has 4 aromatic rings. The van der Waals surface area contributed by atoms with E-state index in [1.165, 1.54) is 15.9 Å². The molecule has 0 saturated carbocycles. The highest BCUT2D eigenvalue weighted by molar-refractivity contribution is 7.16. The van der Waals surface area contributed by atoms with Crippen molar-refractivity contribution in [3.8, 4) is 22.8 Å². The largest absolute Gasteiger partial charge is 0.485 e. The molecule has 8 heteroatoms. The Morgan fingerprint density at radius 1 is 1.00 bits per heavy atom. The highest BCUT2D eigenvalue weighted by Crippen LogP contribution is 2.36. The Bertz CT molecular complexity index is 1160. The number of hydrogen-bond donors (Lipinski definition) is 0. The van der Waals surface area contributed by atoms with Crippen LogP contribution in [0.3, 0.4) is 0 Å². The topological polar surface area (TPSA) is 78.6 Å². The first-order valence-corrected chi connectivity index (χ1v) is 8.81. The summed E-state index contributed by atoms with van der Waals surface area (Å²) in [5.41, 5.74) is 0.673. The molecule has 0 saturated heterocycles. The summed E-state index contributed by atoms with van der Waals surface area (Å²) in [6.07, 6.45) is -0.392.